The highest BCUT2D eigenvalue weighted by atomic mass is 19.4. The van der Waals surface area contributed by atoms with Crippen molar-refractivity contribution in [2.24, 2.45) is 0 Å². The molecule has 2 aliphatic heterocycles. The zero-order chi connectivity index (χ0) is 26.9. The van der Waals surface area contributed by atoms with E-state index in [0.717, 1.165) is 11.8 Å². The van der Waals surface area contributed by atoms with E-state index < -0.39 is 47.4 Å². The minimum atomic E-state index is -4.85. The molecule has 0 unspecified atom stereocenters. The molecular formula is C26H24F3N5O4. The van der Waals surface area contributed by atoms with Crippen LogP contribution in [-0.2, 0) is 27.1 Å². The Kier molecular flexibility index (Phi) is 6.89. The van der Waals surface area contributed by atoms with Gasteiger partial charge in [0.2, 0.25) is 11.8 Å². The molecule has 0 bridgehead atoms. The monoisotopic (exact) mass is 527 g/mol. The number of alkyl halides is 3. The largest absolute Gasteiger partial charge is 0.434 e. The van der Waals surface area contributed by atoms with Crippen LogP contribution >= 0.6 is 0 Å². The first-order chi connectivity index (χ1) is 18.2. The maximum atomic E-state index is 13.9. The standard InChI is InChI=1S/C26H24F3N5O4/c27-26(28,29)22-19(12-30-34(22)18-9-5-2-6-10-18)23(35)31-17-11-21-24(36)32-20(25(37)33(21)13-17)15-38-14-16-7-3-1-4-8-16/h1-10,12,17,20-21H,11,13-15H2,(H,31,35)(H,32,36)/t17-,20-,21-/m0/s1. The molecule has 2 saturated heterocycles. The Balaban J connectivity index is 1.25. The number of para-hydroxylation sites is 1. The predicted octanol–water partition coefficient (Wildman–Crippen LogP) is 2.31. The van der Waals surface area contributed by atoms with Gasteiger partial charge in [0.05, 0.1) is 30.7 Å². The smallest absolute Gasteiger partial charge is 0.374 e. The average Bonchev–Trinajstić information content (AvgIpc) is 3.54. The van der Waals surface area contributed by atoms with Crippen molar-refractivity contribution in [1.29, 1.82) is 0 Å². The van der Waals surface area contributed by atoms with Crippen LogP contribution in [0.15, 0.2) is 66.9 Å². The van der Waals surface area contributed by atoms with Crippen LogP contribution in [0.25, 0.3) is 5.69 Å². The van der Waals surface area contributed by atoms with E-state index in [1.54, 1.807) is 18.2 Å². The summed E-state index contributed by atoms with van der Waals surface area (Å²) < 4.78 is 48.1. The second-order valence-corrected chi connectivity index (χ2v) is 9.13. The van der Waals surface area contributed by atoms with Gasteiger partial charge in [0.25, 0.3) is 5.91 Å². The Bertz CT molecular complexity index is 1330. The molecule has 5 rings (SSSR count). The fraction of sp³-hybridized carbons (Fsp3) is 0.308. The molecule has 0 spiro atoms. The Labute approximate surface area is 215 Å². The van der Waals surface area contributed by atoms with Crippen molar-refractivity contribution >= 4 is 17.7 Å². The van der Waals surface area contributed by atoms with Crippen molar-refractivity contribution < 1.29 is 32.3 Å². The van der Waals surface area contributed by atoms with Gasteiger partial charge in [-0.1, -0.05) is 48.5 Å². The fourth-order valence-electron chi connectivity index (χ4n) is 4.76. The van der Waals surface area contributed by atoms with Crippen LogP contribution < -0.4 is 10.6 Å². The fourth-order valence-corrected chi connectivity index (χ4v) is 4.76. The Morgan fingerprint density at radius 3 is 2.45 bits per heavy atom. The predicted molar refractivity (Wildman–Crippen MR) is 128 cm³/mol. The van der Waals surface area contributed by atoms with E-state index in [4.69, 9.17) is 4.74 Å². The van der Waals surface area contributed by atoms with E-state index in [-0.39, 0.29) is 37.8 Å². The lowest BCUT2D eigenvalue weighted by Gasteiger charge is -2.34. The zero-order valence-electron chi connectivity index (χ0n) is 20.0. The number of benzene rings is 2. The Morgan fingerprint density at radius 1 is 1.08 bits per heavy atom. The number of amides is 3. The average molecular weight is 528 g/mol. The van der Waals surface area contributed by atoms with Crippen molar-refractivity contribution in [3.8, 4) is 5.69 Å². The van der Waals surface area contributed by atoms with E-state index in [2.05, 4.69) is 15.7 Å². The minimum absolute atomic E-state index is 0.00792. The lowest BCUT2D eigenvalue weighted by molar-refractivity contribution is -0.148. The maximum absolute atomic E-state index is 13.9. The number of rotatable bonds is 7. The van der Waals surface area contributed by atoms with E-state index in [1.807, 2.05) is 30.3 Å². The van der Waals surface area contributed by atoms with E-state index in [1.165, 1.54) is 17.0 Å². The number of ether oxygens (including phenoxy) is 1. The molecule has 2 aromatic carbocycles. The molecule has 2 fully saturated rings. The summed E-state index contributed by atoms with van der Waals surface area (Å²) in [4.78, 5) is 40.0. The summed E-state index contributed by atoms with van der Waals surface area (Å²) in [6.45, 7) is 0.222. The van der Waals surface area contributed by atoms with Gasteiger partial charge in [-0.3, -0.25) is 14.4 Å². The van der Waals surface area contributed by atoms with Crippen molar-refractivity contribution in [3.63, 3.8) is 0 Å². The molecule has 0 aliphatic carbocycles. The molecule has 1 aromatic heterocycles. The van der Waals surface area contributed by atoms with E-state index in [0.29, 0.717) is 4.68 Å². The van der Waals surface area contributed by atoms with Gasteiger partial charge in [-0.2, -0.15) is 18.3 Å². The van der Waals surface area contributed by atoms with Gasteiger partial charge in [-0.25, -0.2) is 4.68 Å². The second-order valence-electron chi connectivity index (χ2n) is 9.13. The molecule has 12 heteroatoms. The third-order valence-electron chi connectivity index (χ3n) is 6.52. The summed E-state index contributed by atoms with van der Waals surface area (Å²) in [5.74, 6) is -1.75. The number of hydrogen-bond donors (Lipinski definition) is 2. The number of fused-ring (bicyclic) bond motifs is 1. The summed E-state index contributed by atoms with van der Waals surface area (Å²) in [6, 6.07) is 14.6. The molecule has 0 saturated carbocycles. The van der Waals surface area contributed by atoms with Gasteiger partial charge in [-0.15, -0.1) is 0 Å². The SMILES string of the molecule is O=C(N[C@H]1C[C@H]2C(=O)N[C@@H](COCc3ccccc3)C(=O)N2C1)c1cnn(-c2ccccc2)c1C(F)(F)F. The van der Waals surface area contributed by atoms with Gasteiger partial charge in [0.1, 0.15) is 12.1 Å². The number of halogens is 3. The van der Waals surface area contributed by atoms with Crippen LogP contribution in [0.2, 0.25) is 0 Å². The van der Waals surface area contributed by atoms with Gasteiger partial charge in [0, 0.05) is 12.6 Å². The molecule has 3 aromatic rings. The van der Waals surface area contributed by atoms with Crippen molar-refractivity contribution in [3.05, 3.63) is 83.7 Å². The van der Waals surface area contributed by atoms with Crippen LogP contribution in [-0.4, -0.2) is 63.7 Å². The van der Waals surface area contributed by atoms with Crippen molar-refractivity contribution in [2.45, 2.75) is 37.3 Å². The lowest BCUT2D eigenvalue weighted by Crippen LogP contribution is -2.62. The molecule has 9 nitrogen and oxygen atoms in total. The van der Waals surface area contributed by atoms with E-state index in [9.17, 15) is 27.6 Å². The number of nitrogens with one attached hydrogen (secondary N) is 2. The lowest BCUT2D eigenvalue weighted by atomic mass is 10.1. The molecule has 3 atom stereocenters. The van der Waals surface area contributed by atoms with Crippen molar-refractivity contribution in [2.75, 3.05) is 13.2 Å². The number of aromatic nitrogens is 2. The molecule has 2 N–H and O–H groups in total. The highest BCUT2D eigenvalue weighted by Gasteiger charge is 2.47. The molecule has 38 heavy (non-hydrogen) atoms. The van der Waals surface area contributed by atoms with Gasteiger partial charge < -0.3 is 20.3 Å². The first-order valence-electron chi connectivity index (χ1n) is 12.0. The minimum Gasteiger partial charge on any atom is -0.374 e. The topological polar surface area (TPSA) is 106 Å². The first-order valence-corrected chi connectivity index (χ1v) is 12.0. The summed E-state index contributed by atoms with van der Waals surface area (Å²) in [7, 11) is 0. The third kappa shape index (κ3) is 5.12. The molecule has 3 amide bonds. The van der Waals surface area contributed by atoms with Crippen molar-refractivity contribution in [1.82, 2.24) is 25.3 Å². The van der Waals surface area contributed by atoms with Crippen LogP contribution in [0.1, 0.15) is 28.0 Å². The zero-order valence-corrected chi connectivity index (χ0v) is 20.0. The van der Waals surface area contributed by atoms with Gasteiger partial charge in [0.15, 0.2) is 5.69 Å². The molecule has 0 radical (unpaired) electrons. The molecule has 2 aliphatic rings. The third-order valence-corrected chi connectivity index (χ3v) is 6.52. The highest BCUT2D eigenvalue weighted by molar-refractivity contribution is 5.98. The number of hydrogen-bond acceptors (Lipinski definition) is 5. The van der Waals surface area contributed by atoms with Crippen LogP contribution in [0.5, 0.6) is 0 Å². The molecular weight excluding hydrogens is 503 g/mol. The highest BCUT2D eigenvalue weighted by Crippen LogP contribution is 2.34. The number of carbonyl (C=O) groups is 3. The summed E-state index contributed by atoms with van der Waals surface area (Å²) >= 11 is 0. The summed E-state index contributed by atoms with van der Waals surface area (Å²) in [5.41, 5.74) is -0.784. The quantitative estimate of drug-likeness (QED) is 0.491. The normalized spacial score (nSPS) is 21.2. The second kappa shape index (κ2) is 10.3. The van der Waals surface area contributed by atoms with Crippen LogP contribution in [0, 0.1) is 0 Å². The summed E-state index contributed by atoms with van der Waals surface area (Å²) in [5, 5.41) is 9.00. The maximum Gasteiger partial charge on any atom is 0.434 e. The summed E-state index contributed by atoms with van der Waals surface area (Å²) in [6.07, 6.45) is -3.91. The van der Waals surface area contributed by atoms with Crippen LogP contribution in [0.4, 0.5) is 13.2 Å². The number of carbonyl (C=O) groups excluding carboxylic acids is 3. The van der Waals surface area contributed by atoms with Gasteiger partial charge in [-0.05, 0) is 24.1 Å². The molecule has 3 heterocycles. The first kappa shape index (κ1) is 25.5. The van der Waals surface area contributed by atoms with Gasteiger partial charge >= 0.3 is 6.18 Å². The van der Waals surface area contributed by atoms with Crippen LogP contribution in [0.3, 0.4) is 0 Å². The molecule has 198 valence electrons. The van der Waals surface area contributed by atoms with E-state index >= 15 is 0 Å². The number of piperazine rings is 1. The number of nitrogens with zero attached hydrogens (tertiary/aromatic N) is 3. The Hall–Kier alpha value is -4.19. The Morgan fingerprint density at radius 2 is 1.76 bits per heavy atom.